The maximum Gasteiger partial charge on any atom is 0.243 e. The van der Waals surface area contributed by atoms with Gasteiger partial charge in [-0.05, 0) is 31.9 Å². The molecule has 0 radical (unpaired) electrons. The molecule has 0 bridgehead atoms. The number of carbonyl (C=O) groups excluding carboxylic acids is 1. The highest BCUT2D eigenvalue weighted by Crippen LogP contribution is 2.25. The van der Waals surface area contributed by atoms with E-state index >= 15 is 0 Å². The molecule has 0 saturated carbocycles. The van der Waals surface area contributed by atoms with Crippen molar-refractivity contribution in [3.05, 3.63) is 23.8 Å². The number of phenolic OH excluding ortho intramolecular Hbond substituents is 1. The molecule has 1 aromatic rings. The van der Waals surface area contributed by atoms with Crippen LogP contribution in [0, 0.1) is 6.92 Å². The lowest BCUT2D eigenvalue weighted by atomic mass is 10.1. The molecule has 3 N–H and O–H groups in total. The molecule has 1 rings (SSSR count). The zero-order valence-electron chi connectivity index (χ0n) is 11.3. The first kappa shape index (κ1) is 14.5. The number of amides is 1. The molecule has 0 aromatic heterocycles. The SMILES string of the molecule is CCC[C@H](N)C(=O)N(CC)c1cc(O)ccc1C. The second kappa shape index (κ2) is 6.40. The zero-order chi connectivity index (χ0) is 13.7. The first-order chi connectivity index (χ1) is 8.51. The summed E-state index contributed by atoms with van der Waals surface area (Å²) in [6.45, 7) is 6.36. The van der Waals surface area contributed by atoms with Crippen LogP contribution in [0.4, 0.5) is 5.69 Å². The number of likely N-dealkylation sites (N-methyl/N-ethyl adjacent to an activating group) is 1. The second-order valence-corrected chi connectivity index (χ2v) is 4.45. The standard InChI is InChI=1S/C14H22N2O2/c1-4-6-12(15)14(18)16(5-2)13-9-11(17)8-7-10(13)3/h7-9,12,17H,4-6,15H2,1-3H3/t12-/m0/s1. The molecule has 4 heteroatoms. The lowest BCUT2D eigenvalue weighted by molar-refractivity contribution is -0.119. The molecule has 1 aromatic carbocycles. The van der Waals surface area contributed by atoms with Crippen molar-refractivity contribution in [3.63, 3.8) is 0 Å². The first-order valence-corrected chi connectivity index (χ1v) is 6.37. The number of aromatic hydroxyl groups is 1. The van der Waals surface area contributed by atoms with Gasteiger partial charge in [0.2, 0.25) is 5.91 Å². The quantitative estimate of drug-likeness (QED) is 0.841. The maximum absolute atomic E-state index is 12.2. The molecule has 0 aliphatic heterocycles. The summed E-state index contributed by atoms with van der Waals surface area (Å²) in [5.41, 5.74) is 7.56. The molecule has 0 unspecified atom stereocenters. The van der Waals surface area contributed by atoms with Crippen LogP contribution in [0.5, 0.6) is 5.75 Å². The highest BCUT2D eigenvalue weighted by molar-refractivity contribution is 5.97. The van der Waals surface area contributed by atoms with Gasteiger partial charge in [-0.15, -0.1) is 0 Å². The molecule has 1 amide bonds. The number of phenols is 1. The Morgan fingerprint density at radius 3 is 2.67 bits per heavy atom. The normalized spacial score (nSPS) is 12.2. The van der Waals surface area contributed by atoms with Gasteiger partial charge in [-0.2, -0.15) is 0 Å². The van der Waals surface area contributed by atoms with Crippen LogP contribution in [-0.2, 0) is 4.79 Å². The zero-order valence-corrected chi connectivity index (χ0v) is 11.3. The molecule has 4 nitrogen and oxygen atoms in total. The summed E-state index contributed by atoms with van der Waals surface area (Å²) in [4.78, 5) is 13.9. The largest absolute Gasteiger partial charge is 0.508 e. The minimum atomic E-state index is -0.475. The molecule has 100 valence electrons. The van der Waals surface area contributed by atoms with Crippen molar-refractivity contribution in [1.82, 2.24) is 0 Å². The molecular weight excluding hydrogens is 228 g/mol. The van der Waals surface area contributed by atoms with E-state index in [9.17, 15) is 9.90 Å². The van der Waals surface area contributed by atoms with E-state index in [1.807, 2.05) is 20.8 Å². The number of anilines is 1. The summed E-state index contributed by atoms with van der Waals surface area (Å²) in [6.07, 6.45) is 1.55. The first-order valence-electron chi connectivity index (χ1n) is 6.37. The summed E-state index contributed by atoms with van der Waals surface area (Å²) >= 11 is 0. The van der Waals surface area contributed by atoms with Gasteiger partial charge >= 0.3 is 0 Å². The Morgan fingerprint density at radius 2 is 2.11 bits per heavy atom. The van der Waals surface area contributed by atoms with Crippen LogP contribution < -0.4 is 10.6 Å². The Labute approximate surface area is 108 Å². The molecule has 0 aliphatic carbocycles. The van der Waals surface area contributed by atoms with Gasteiger partial charge < -0.3 is 15.7 Å². The molecule has 0 heterocycles. The molecular formula is C14H22N2O2. The topological polar surface area (TPSA) is 66.6 Å². The van der Waals surface area contributed by atoms with Gasteiger partial charge in [0, 0.05) is 12.6 Å². The Kier molecular flexibility index (Phi) is 5.16. The van der Waals surface area contributed by atoms with Crippen LogP contribution in [0.25, 0.3) is 0 Å². The Morgan fingerprint density at radius 1 is 1.44 bits per heavy atom. The molecule has 18 heavy (non-hydrogen) atoms. The third-order valence-electron chi connectivity index (χ3n) is 2.98. The molecule has 0 fully saturated rings. The van der Waals surface area contributed by atoms with Gasteiger partial charge in [0.1, 0.15) is 5.75 Å². The van der Waals surface area contributed by atoms with Crippen LogP contribution in [0.1, 0.15) is 32.3 Å². The molecule has 1 atom stereocenters. The monoisotopic (exact) mass is 250 g/mol. The van der Waals surface area contributed by atoms with E-state index in [-0.39, 0.29) is 11.7 Å². The highest BCUT2D eigenvalue weighted by atomic mass is 16.3. The lowest BCUT2D eigenvalue weighted by Gasteiger charge is -2.26. The summed E-state index contributed by atoms with van der Waals surface area (Å²) < 4.78 is 0. The molecule has 0 saturated heterocycles. The molecule has 0 spiro atoms. The summed E-state index contributed by atoms with van der Waals surface area (Å²) in [5, 5.41) is 9.54. The van der Waals surface area contributed by atoms with Crippen LogP contribution >= 0.6 is 0 Å². The Hall–Kier alpha value is -1.55. The van der Waals surface area contributed by atoms with Crippen molar-refractivity contribution in [1.29, 1.82) is 0 Å². The van der Waals surface area contributed by atoms with Crippen molar-refractivity contribution in [2.45, 2.75) is 39.7 Å². The summed E-state index contributed by atoms with van der Waals surface area (Å²) in [6, 6.07) is 4.54. The minimum Gasteiger partial charge on any atom is -0.508 e. The van der Waals surface area contributed by atoms with Crippen molar-refractivity contribution in [3.8, 4) is 5.75 Å². The van der Waals surface area contributed by atoms with Crippen molar-refractivity contribution in [2.75, 3.05) is 11.4 Å². The van der Waals surface area contributed by atoms with Crippen LogP contribution in [0.2, 0.25) is 0 Å². The fourth-order valence-electron chi connectivity index (χ4n) is 1.97. The highest BCUT2D eigenvalue weighted by Gasteiger charge is 2.21. The predicted octanol–water partition coefficient (Wildman–Crippen LogP) is 2.18. The average Bonchev–Trinajstić information content (AvgIpc) is 2.34. The number of hydrogen-bond donors (Lipinski definition) is 2. The average molecular weight is 250 g/mol. The second-order valence-electron chi connectivity index (χ2n) is 4.45. The van der Waals surface area contributed by atoms with Gasteiger partial charge in [0.25, 0.3) is 0 Å². The summed E-state index contributed by atoms with van der Waals surface area (Å²) in [7, 11) is 0. The van der Waals surface area contributed by atoms with E-state index in [2.05, 4.69) is 0 Å². The van der Waals surface area contributed by atoms with Crippen LogP contribution in [0.15, 0.2) is 18.2 Å². The minimum absolute atomic E-state index is 0.0898. The fourth-order valence-corrected chi connectivity index (χ4v) is 1.97. The number of benzene rings is 1. The third kappa shape index (κ3) is 3.23. The van der Waals surface area contributed by atoms with E-state index in [1.165, 1.54) is 0 Å². The summed E-state index contributed by atoms with van der Waals surface area (Å²) in [5.74, 6) is 0.0685. The van der Waals surface area contributed by atoms with E-state index in [1.54, 1.807) is 23.1 Å². The van der Waals surface area contributed by atoms with Crippen molar-refractivity contribution < 1.29 is 9.90 Å². The number of nitrogens with two attached hydrogens (primary N) is 1. The number of rotatable bonds is 5. The smallest absolute Gasteiger partial charge is 0.243 e. The van der Waals surface area contributed by atoms with Crippen LogP contribution in [0.3, 0.4) is 0 Å². The lowest BCUT2D eigenvalue weighted by Crippen LogP contribution is -2.44. The van der Waals surface area contributed by atoms with E-state index in [0.29, 0.717) is 13.0 Å². The van der Waals surface area contributed by atoms with E-state index < -0.39 is 6.04 Å². The van der Waals surface area contributed by atoms with Gasteiger partial charge in [-0.1, -0.05) is 19.4 Å². The van der Waals surface area contributed by atoms with Gasteiger partial charge in [-0.25, -0.2) is 0 Å². The van der Waals surface area contributed by atoms with Crippen molar-refractivity contribution >= 4 is 11.6 Å². The number of carbonyl (C=O) groups is 1. The van der Waals surface area contributed by atoms with Gasteiger partial charge in [0.15, 0.2) is 0 Å². The number of hydrogen-bond acceptors (Lipinski definition) is 3. The predicted molar refractivity (Wildman–Crippen MR) is 73.8 cm³/mol. The van der Waals surface area contributed by atoms with E-state index in [0.717, 1.165) is 17.7 Å². The third-order valence-corrected chi connectivity index (χ3v) is 2.98. The van der Waals surface area contributed by atoms with Crippen LogP contribution in [-0.4, -0.2) is 23.6 Å². The number of nitrogens with zero attached hydrogens (tertiary/aromatic N) is 1. The Bertz CT molecular complexity index is 418. The van der Waals surface area contributed by atoms with E-state index in [4.69, 9.17) is 5.73 Å². The van der Waals surface area contributed by atoms with Gasteiger partial charge in [0.05, 0.1) is 11.7 Å². The molecule has 0 aliphatic rings. The fraction of sp³-hybridized carbons (Fsp3) is 0.500. The van der Waals surface area contributed by atoms with Crippen molar-refractivity contribution in [2.24, 2.45) is 5.73 Å². The Balaban J connectivity index is 3.02. The van der Waals surface area contributed by atoms with Gasteiger partial charge in [-0.3, -0.25) is 4.79 Å². The maximum atomic E-state index is 12.2. The number of aryl methyl sites for hydroxylation is 1.